The van der Waals surface area contributed by atoms with E-state index in [2.05, 4.69) is 27.2 Å². The average molecular weight is 359 g/mol. The topological polar surface area (TPSA) is 79.3 Å². The van der Waals surface area contributed by atoms with E-state index in [-0.39, 0.29) is 17.5 Å². The van der Waals surface area contributed by atoms with Gasteiger partial charge in [-0.05, 0) is 31.4 Å². The second-order valence-electron chi connectivity index (χ2n) is 6.49. The first-order valence-electron chi connectivity index (χ1n) is 8.59. The number of nitrogens with zero attached hydrogens (tertiary/aromatic N) is 5. The van der Waals surface area contributed by atoms with E-state index in [1.807, 2.05) is 24.0 Å². The van der Waals surface area contributed by atoms with E-state index < -0.39 is 9.84 Å². The van der Waals surface area contributed by atoms with Gasteiger partial charge in [-0.15, -0.1) is 5.10 Å². The summed E-state index contributed by atoms with van der Waals surface area (Å²) in [5.74, 6) is 1.67. The summed E-state index contributed by atoms with van der Waals surface area (Å²) in [5, 5.41) is 8.31. The third kappa shape index (κ3) is 3.06. The zero-order chi connectivity index (χ0) is 17.4. The Labute approximate surface area is 147 Å². The highest BCUT2D eigenvalue weighted by Crippen LogP contribution is 2.33. The van der Waals surface area contributed by atoms with Gasteiger partial charge in [-0.3, -0.25) is 0 Å². The molecule has 1 unspecified atom stereocenters. The summed E-state index contributed by atoms with van der Waals surface area (Å²) >= 11 is 0. The van der Waals surface area contributed by atoms with Crippen molar-refractivity contribution in [3.8, 4) is 0 Å². The molecule has 1 aromatic carbocycles. The van der Waals surface area contributed by atoms with Crippen LogP contribution in [-0.2, 0) is 16.3 Å². The SMILES string of the molecule is CCN(c1nncc(N2CCc3ccccc32)n1)C1CCS(=O)(=O)C1. The van der Waals surface area contributed by atoms with Gasteiger partial charge in [0.1, 0.15) is 0 Å². The largest absolute Gasteiger partial charge is 0.336 e. The molecule has 2 aromatic rings. The minimum atomic E-state index is -2.95. The fourth-order valence-corrected chi connectivity index (χ4v) is 5.43. The highest BCUT2D eigenvalue weighted by molar-refractivity contribution is 7.91. The Morgan fingerprint density at radius 2 is 2.16 bits per heavy atom. The number of hydrogen-bond donors (Lipinski definition) is 0. The summed E-state index contributed by atoms with van der Waals surface area (Å²) in [5.41, 5.74) is 2.46. The normalized spacial score (nSPS) is 21.3. The van der Waals surface area contributed by atoms with Gasteiger partial charge in [0.05, 0.1) is 17.7 Å². The number of hydrogen-bond acceptors (Lipinski definition) is 7. The number of sulfone groups is 1. The lowest BCUT2D eigenvalue weighted by Gasteiger charge is -2.27. The predicted octanol–water partition coefficient (Wildman–Crippen LogP) is 1.58. The molecule has 1 saturated heterocycles. The molecule has 25 heavy (non-hydrogen) atoms. The van der Waals surface area contributed by atoms with Gasteiger partial charge in [0.2, 0.25) is 5.95 Å². The summed E-state index contributed by atoms with van der Waals surface area (Å²) in [6, 6.07) is 8.22. The van der Waals surface area contributed by atoms with Crippen molar-refractivity contribution in [1.29, 1.82) is 0 Å². The first kappa shape index (κ1) is 16.3. The van der Waals surface area contributed by atoms with E-state index in [0.29, 0.717) is 18.9 Å². The number of aromatic nitrogens is 3. The fourth-order valence-electron chi connectivity index (χ4n) is 3.70. The van der Waals surface area contributed by atoms with E-state index in [9.17, 15) is 8.42 Å². The number of benzene rings is 1. The lowest BCUT2D eigenvalue weighted by Crippen LogP contribution is -2.37. The fraction of sp³-hybridized carbons (Fsp3) is 0.471. The molecule has 1 atom stereocenters. The zero-order valence-electron chi connectivity index (χ0n) is 14.2. The van der Waals surface area contributed by atoms with Gasteiger partial charge >= 0.3 is 0 Å². The highest BCUT2D eigenvalue weighted by Gasteiger charge is 2.33. The number of anilines is 3. The molecule has 0 bridgehead atoms. The monoisotopic (exact) mass is 359 g/mol. The molecule has 1 aromatic heterocycles. The Balaban J connectivity index is 1.63. The second-order valence-corrected chi connectivity index (χ2v) is 8.72. The summed E-state index contributed by atoms with van der Waals surface area (Å²) in [4.78, 5) is 8.81. The van der Waals surface area contributed by atoms with Crippen LogP contribution in [0.25, 0.3) is 0 Å². The van der Waals surface area contributed by atoms with Crippen molar-refractivity contribution < 1.29 is 8.42 Å². The summed E-state index contributed by atoms with van der Waals surface area (Å²) in [6.07, 6.45) is 3.27. The number of para-hydroxylation sites is 1. The lowest BCUT2D eigenvalue weighted by atomic mass is 10.2. The molecular weight excluding hydrogens is 338 g/mol. The Morgan fingerprint density at radius 3 is 2.92 bits per heavy atom. The molecule has 2 aliphatic rings. The lowest BCUT2D eigenvalue weighted by molar-refractivity contribution is 0.598. The highest BCUT2D eigenvalue weighted by atomic mass is 32.2. The van der Waals surface area contributed by atoms with E-state index >= 15 is 0 Å². The Bertz CT molecular complexity index is 886. The van der Waals surface area contributed by atoms with Gasteiger partial charge in [0.15, 0.2) is 15.7 Å². The molecule has 132 valence electrons. The quantitative estimate of drug-likeness (QED) is 0.820. The maximum Gasteiger partial charge on any atom is 0.247 e. The Kier molecular flexibility index (Phi) is 4.07. The average Bonchev–Trinajstić information content (AvgIpc) is 3.19. The van der Waals surface area contributed by atoms with Crippen LogP contribution >= 0.6 is 0 Å². The molecule has 4 rings (SSSR count). The molecule has 7 nitrogen and oxygen atoms in total. The van der Waals surface area contributed by atoms with E-state index in [1.165, 1.54) is 5.56 Å². The molecule has 3 heterocycles. The Hall–Kier alpha value is -2.22. The smallest absolute Gasteiger partial charge is 0.247 e. The van der Waals surface area contributed by atoms with Crippen LogP contribution in [-0.4, -0.2) is 54.2 Å². The van der Waals surface area contributed by atoms with Gasteiger partial charge in [-0.1, -0.05) is 18.2 Å². The maximum absolute atomic E-state index is 11.8. The van der Waals surface area contributed by atoms with Crippen molar-refractivity contribution in [1.82, 2.24) is 15.2 Å². The predicted molar refractivity (Wildman–Crippen MR) is 97.1 cm³/mol. The van der Waals surface area contributed by atoms with Gasteiger partial charge in [0.25, 0.3) is 0 Å². The minimum absolute atomic E-state index is 0.0714. The molecule has 0 saturated carbocycles. The molecular formula is C17H21N5O2S. The van der Waals surface area contributed by atoms with Crippen LogP contribution in [0.4, 0.5) is 17.5 Å². The molecule has 0 N–H and O–H groups in total. The van der Waals surface area contributed by atoms with Crippen LogP contribution in [0.15, 0.2) is 30.5 Å². The van der Waals surface area contributed by atoms with Gasteiger partial charge in [-0.25, -0.2) is 8.42 Å². The summed E-state index contributed by atoms with van der Waals surface area (Å²) in [7, 11) is -2.95. The van der Waals surface area contributed by atoms with Crippen molar-refractivity contribution in [2.24, 2.45) is 0 Å². The van der Waals surface area contributed by atoms with Crippen LogP contribution in [0.1, 0.15) is 18.9 Å². The molecule has 0 aliphatic carbocycles. The molecule has 1 fully saturated rings. The summed E-state index contributed by atoms with van der Waals surface area (Å²) < 4.78 is 23.6. The van der Waals surface area contributed by atoms with Crippen molar-refractivity contribution in [3.63, 3.8) is 0 Å². The standard InChI is InChI=1S/C17H21N5O2S/c1-2-21(14-8-10-25(23,24)12-14)17-19-16(11-18-20-17)22-9-7-13-5-3-4-6-15(13)22/h3-6,11,14H,2,7-10,12H2,1H3. The van der Waals surface area contributed by atoms with Crippen LogP contribution in [0.3, 0.4) is 0 Å². The first-order valence-corrected chi connectivity index (χ1v) is 10.4. The molecule has 2 aliphatic heterocycles. The summed E-state index contributed by atoms with van der Waals surface area (Å²) in [6.45, 7) is 3.51. The van der Waals surface area contributed by atoms with Crippen molar-refractivity contribution in [2.75, 3.05) is 34.4 Å². The van der Waals surface area contributed by atoms with Crippen molar-refractivity contribution in [2.45, 2.75) is 25.8 Å². The minimum Gasteiger partial charge on any atom is -0.336 e. The number of fused-ring (bicyclic) bond motifs is 1. The Morgan fingerprint density at radius 1 is 1.32 bits per heavy atom. The zero-order valence-corrected chi connectivity index (χ0v) is 15.0. The van der Waals surface area contributed by atoms with Crippen molar-refractivity contribution in [3.05, 3.63) is 36.0 Å². The molecule has 0 spiro atoms. The van der Waals surface area contributed by atoms with E-state index in [1.54, 1.807) is 6.20 Å². The maximum atomic E-state index is 11.8. The third-order valence-corrected chi connectivity index (χ3v) is 6.70. The van der Waals surface area contributed by atoms with E-state index in [4.69, 9.17) is 4.98 Å². The van der Waals surface area contributed by atoms with Crippen LogP contribution in [0, 0.1) is 0 Å². The van der Waals surface area contributed by atoms with Gasteiger partial charge < -0.3 is 9.80 Å². The van der Waals surface area contributed by atoms with E-state index in [0.717, 1.165) is 24.5 Å². The number of rotatable bonds is 4. The van der Waals surface area contributed by atoms with Crippen LogP contribution in [0.5, 0.6) is 0 Å². The van der Waals surface area contributed by atoms with Crippen molar-refractivity contribution >= 4 is 27.3 Å². The molecule has 8 heteroatoms. The van der Waals surface area contributed by atoms with Gasteiger partial charge in [0, 0.05) is 24.8 Å². The molecule has 0 radical (unpaired) electrons. The second kappa shape index (κ2) is 6.25. The van der Waals surface area contributed by atoms with Gasteiger partial charge in [-0.2, -0.15) is 10.1 Å². The molecule has 0 amide bonds. The first-order chi connectivity index (χ1) is 12.1. The third-order valence-electron chi connectivity index (χ3n) is 4.95. The van der Waals surface area contributed by atoms with Crippen LogP contribution in [0.2, 0.25) is 0 Å². The van der Waals surface area contributed by atoms with Crippen LogP contribution < -0.4 is 9.80 Å².